The Hall–Kier alpha value is -2.64. The summed E-state index contributed by atoms with van der Waals surface area (Å²) in [4.78, 5) is 40.3. The van der Waals surface area contributed by atoms with Gasteiger partial charge in [-0.2, -0.15) is 21.6 Å². The largest absolute Gasteiger partial charge is 0.525 e. The Labute approximate surface area is 197 Å². The third-order valence-corrected chi connectivity index (χ3v) is 7.56. The van der Waals surface area contributed by atoms with Gasteiger partial charge in [0.25, 0.3) is 11.8 Å². The van der Waals surface area contributed by atoms with E-state index in [1.165, 1.54) is 30.0 Å². The Morgan fingerprint density at radius 3 is 2.29 bits per heavy atom. The van der Waals surface area contributed by atoms with Gasteiger partial charge in [0, 0.05) is 35.5 Å². The van der Waals surface area contributed by atoms with E-state index in [0.717, 1.165) is 32.4 Å². The van der Waals surface area contributed by atoms with Crippen molar-refractivity contribution >= 4 is 50.4 Å². The third-order valence-electron chi connectivity index (χ3n) is 5.57. The van der Waals surface area contributed by atoms with E-state index >= 15 is 0 Å². The molecule has 182 valence electrons. The van der Waals surface area contributed by atoms with Crippen LogP contribution in [0.25, 0.3) is 10.8 Å². The first-order valence-corrected chi connectivity index (χ1v) is 12.8. The number of hydrogen-bond acceptors (Lipinski definition) is 7. The van der Waals surface area contributed by atoms with Crippen LogP contribution in [0.2, 0.25) is 0 Å². The van der Waals surface area contributed by atoms with E-state index in [9.17, 15) is 36.0 Å². The van der Waals surface area contributed by atoms with Crippen molar-refractivity contribution in [2.75, 3.05) is 18.8 Å². The standard InChI is InChI=1S/C21H19F3N2O6S2/c22-21(23,24)34(30,31)32-26-19(28)14-6-4-5-13-16(8-7-15(18(13)14)20(26)29)33-12-9-17(27)25-10-2-1-3-11-25/h4-8H,1-3,9-12H2. The smallest absolute Gasteiger partial charge is 0.343 e. The Kier molecular flexibility index (Phi) is 6.62. The van der Waals surface area contributed by atoms with Crippen molar-refractivity contribution in [3.05, 3.63) is 41.5 Å². The number of alkyl halides is 3. The minimum Gasteiger partial charge on any atom is -0.343 e. The zero-order valence-electron chi connectivity index (χ0n) is 17.6. The molecular weight excluding hydrogens is 497 g/mol. The second-order valence-electron chi connectivity index (χ2n) is 7.76. The fourth-order valence-electron chi connectivity index (χ4n) is 3.93. The van der Waals surface area contributed by atoms with Gasteiger partial charge in [0.1, 0.15) is 0 Å². The molecule has 34 heavy (non-hydrogen) atoms. The van der Waals surface area contributed by atoms with Gasteiger partial charge in [-0.3, -0.25) is 14.4 Å². The SMILES string of the molecule is O=C(CCSc1ccc2c3c(cccc13)C(=O)N(OS(=O)(=O)C(F)(F)F)C2=O)N1CCCCC1. The van der Waals surface area contributed by atoms with Gasteiger partial charge in [-0.25, -0.2) is 0 Å². The molecule has 0 spiro atoms. The lowest BCUT2D eigenvalue weighted by Crippen LogP contribution is -2.44. The molecule has 0 aliphatic carbocycles. The number of carbonyl (C=O) groups is 3. The van der Waals surface area contributed by atoms with E-state index in [0.29, 0.717) is 22.5 Å². The summed E-state index contributed by atoms with van der Waals surface area (Å²) in [6.07, 6.45) is 3.39. The van der Waals surface area contributed by atoms with Gasteiger partial charge in [0.05, 0.1) is 11.1 Å². The molecule has 2 aromatic carbocycles. The number of halogens is 3. The molecule has 2 aliphatic rings. The maximum absolute atomic E-state index is 12.7. The molecule has 0 aromatic heterocycles. The van der Waals surface area contributed by atoms with Gasteiger partial charge in [0.2, 0.25) is 5.91 Å². The molecule has 2 heterocycles. The second kappa shape index (κ2) is 9.19. The van der Waals surface area contributed by atoms with Crippen LogP contribution in [0.5, 0.6) is 0 Å². The quantitative estimate of drug-likeness (QED) is 0.328. The van der Waals surface area contributed by atoms with Crippen LogP contribution in [0, 0.1) is 0 Å². The van der Waals surface area contributed by atoms with Crippen LogP contribution in [0.15, 0.2) is 35.2 Å². The lowest BCUT2D eigenvalue weighted by Gasteiger charge is -2.27. The zero-order chi connectivity index (χ0) is 24.7. The summed E-state index contributed by atoms with van der Waals surface area (Å²) in [5.74, 6) is -2.13. The average Bonchev–Trinajstić information content (AvgIpc) is 2.80. The molecule has 2 aromatic rings. The molecule has 13 heteroatoms. The summed E-state index contributed by atoms with van der Waals surface area (Å²) in [6.45, 7) is 1.49. The second-order valence-corrected chi connectivity index (χ2v) is 10.4. The van der Waals surface area contributed by atoms with Crippen molar-refractivity contribution < 1.29 is 40.3 Å². The predicted octanol–water partition coefficient (Wildman–Crippen LogP) is 3.71. The predicted molar refractivity (Wildman–Crippen MR) is 116 cm³/mol. The van der Waals surface area contributed by atoms with Crippen LogP contribution in [-0.4, -0.2) is 60.5 Å². The number of nitrogens with zero attached hydrogens (tertiary/aromatic N) is 2. The number of imide groups is 1. The monoisotopic (exact) mass is 516 g/mol. The molecule has 2 aliphatic heterocycles. The number of piperidine rings is 1. The van der Waals surface area contributed by atoms with E-state index < -0.39 is 27.4 Å². The highest BCUT2D eigenvalue weighted by molar-refractivity contribution is 7.99. The molecular formula is C21H19F3N2O6S2. The van der Waals surface area contributed by atoms with E-state index in [1.54, 1.807) is 12.1 Å². The molecule has 4 rings (SSSR count). The number of likely N-dealkylation sites (tertiary alicyclic amines) is 1. The Morgan fingerprint density at radius 1 is 1.00 bits per heavy atom. The van der Waals surface area contributed by atoms with Gasteiger partial charge in [-0.05, 0) is 42.8 Å². The summed E-state index contributed by atoms with van der Waals surface area (Å²) in [7, 11) is -6.23. The van der Waals surface area contributed by atoms with Crippen molar-refractivity contribution in [1.82, 2.24) is 9.96 Å². The zero-order valence-corrected chi connectivity index (χ0v) is 19.3. The number of hydrogen-bond donors (Lipinski definition) is 0. The summed E-state index contributed by atoms with van der Waals surface area (Å²) < 4.78 is 64.8. The van der Waals surface area contributed by atoms with Crippen molar-refractivity contribution in [1.29, 1.82) is 0 Å². The van der Waals surface area contributed by atoms with Crippen LogP contribution in [0.1, 0.15) is 46.4 Å². The van der Waals surface area contributed by atoms with Gasteiger partial charge >= 0.3 is 15.6 Å². The molecule has 0 saturated carbocycles. The highest BCUT2D eigenvalue weighted by Crippen LogP contribution is 2.37. The van der Waals surface area contributed by atoms with Crippen LogP contribution < -0.4 is 0 Å². The van der Waals surface area contributed by atoms with Gasteiger partial charge in [0.15, 0.2) is 0 Å². The van der Waals surface area contributed by atoms with Crippen molar-refractivity contribution in [3.63, 3.8) is 0 Å². The summed E-state index contributed by atoms with van der Waals surface area (Å²) in [5.41, 5.74) is -6.15. The van der Waals surface area contributed by atoms with Crippen molar-refractivity contribution in [2.24, 2.45) is 0 Å². The normalized spacial score (nSPS) is 16.9. The minimum atomic E-state index is -6.23. The Morgan fingerprint density at radius 2 is 1.65 bits per heavy atom. The number of rotatable bonds is 6. The Bertz CT molecular complexity index is 1250. The van der Waals surface area contributed by atoms with Crippen LogP contribution >= 0.6 is 11.8 Å². The van der Waals surface area contributed by atoms with Crippen LogP contribution in [0.4, 0.5) is 13.2 Å². The number of thioether (sulfide) groups is 1. The molecule has 1 saturated heterocycles. The summed E-state index contributed by atoms with van der Waals surface area (Å²) >= 11 is 1.35. The maximum atomic E-state index is 12.7. The van der Waals surface area contributed by atoms with E-state index in [1.807, 2.05) is 4.90 Å². The number of benzene rings is 2. The summed E-state index contributed by atoms with van der Waals surface area (Å²) in [5, 5.41) is 0.295. The molecule has 8 nitrogen and oxygen atoms in total. The molecule has 1 fully saturated rings. The lowest BCUT2D eigenvalue weighted by molar-refractivity contribution is -0.131. The van der Waals surface area contributed by atoms with E-state index in [-0.39, 0.29) is 27.5 Å². The molecule has 3 amide bonds. The number of carbonyl (C=O) groups excluding carboxylic acids is 3. The minimum absolute atomic E-state index is 0.0546. The van der Waals surface area contributed by atoms with Crippen molar-refractivity contribution in [3.8, 4) is 0 Å². The number of amides is 3. The first kappa shape index (κ1) is 24.5. The van der Waals surface area contributed by atoms with E-state index in [4.69, 9.17) is 0 Å². The first-order valence-electron chi connectivity index (χ1n) is 10.4. The summed E-state index contributed by atoms with van der Waals surface area (Å²) in [6, 6.07) is 7.22. The first-order chi connectivity index (χ1) is 16.0. The highest BCUT2D eigenvalue weighted by Gasteiger charge is 2.51. The Balaban J connectivity index is 1.58. The lowest BCUT2D eigenvalue weighted by atomic mass is 9.95. The van der Waals surface area contributed by atoms with Gasteiger partial charge < -0.3 is 4.90 Å². The van der Waals surface area contributed by atoms with Crippen LogP contribution in [0.3, 0.4) is 0 Å². The van der Waals surface area contributed by atoms with Gasteiger partial charge in [-0.15, -0.1) is 21.1 Å². The average molecular weight is 517 g/mol. The molecule has 0 radical (unpaired) electrons. The highest BCUT2D eigenvalue weighted by atomic mass is 32.2. The molecule has 0 N–H and O–H groups in total. The van der Waals surface area contributed by atoms with Crippen LogP contribution in [-0.2, 0) is 19.2 Å². The maximum Gasteiger partial charge on any atom is 0.525 e. The fraction of sp³-hybridized carbons (Fsp3) is 0.381. The fourth-order valence-corrected chi connectivity index (χ4v) is 5.33. The van der Waals surface area contributed by atoms with Gasteiger partial charge in [-0.1, -0.05) is 12.1 Å². The molecule has 0 atom stereocenters. The number of hydroxylamine groups is 2. The van der Waals surface area contributed by atoms with E-state index in [2.05, 4.69) is 4.28 Å². The topological polar surface area (TPSA) is 101 Å². The third kappa shape index (κ3) is 4.51. The molecule has 0 unspecified atom stereocenters. The van der Waals surface area contributed by atoms with Crippen molar-refractivity contribution in [2.45, 2.75) is 36.1 Å². The molecule has 0 bridgehead atoms.